The van der Waals surface area contributed by atoms with E-state index in [4.69, 9.17) is 9.52 Å². The molecular weight excluding hydrogens is 234 g/mol. The first-order chi connectivity index (χ1) is 7.29. The molecule has 1 N–H and O–H groups in total. The Balaban J connectivity index is 2.06. The fourth-order valence-electron chi connectivity index (χ4n) is 0.932. The first-order valence-electron chi connectivity index (χ1n) is 4.10. The summed E-state index contributed by atoms with van der Waals surface area (Å²) in [7, 11) is 0. The smallest absolute Gasteiger partial charge is 0.261 e. The lowest BCUT2D eigenvalue weighted by Crippen LogP contribution is -1.90. The van der Waals surface area contributed by atoms with Crippen molar-refractivity contribution in [2.45, 2.75) is 10.9 Å². The van der Waals surface area contributed by atoms with E-state index in [0.717, 1.165) is 11.8 Å². The number of carbonyl (C=O) groups excluding carboxylic acids is 1. The van der Waals surface area contributed by atoms with Gasteiger partial charge >= 0.3 is 0 Å². The van der Waals surface area contributed by atoms with Crippen molar-refractivity contribution in [3.63, 3.8) is 0 Å². The molecule has 0 aliphatic carbocycles. The molecule has 2 rings (SSSR count). The van der Waals surface area contributed by atoms with Gasteiger partial charge < -0.3 is 9.52 Å². The van der Waals surface area contributed by atoms with E-state index < -0.39 is 0 Å². The Morgan fingerprint density at radius 3 is 3.13 bits per heavy atom. The third kappa shape index (κ3) is 2.47. The van der Waals surface area contributed by atoms with Crippen molar-refractivity contribution in [2.75, 3.05) is 0 Å². The predicted molar refractivity (Wildman–Crippen MR) is 56.9 cm³/mol. The van der Waals surface area contributed by atoms with Gasteiger partial charge in [0, 0.05) is 5.38 Å². The summed E-state index contributed by atoms with van der Waals surface area (Å²) in [6, 6.07) is 3.27. The van der Waals surface area contributed by atoms with Crippen LogP contribution in [0.4, 0.5) is 0 Å². The zero-order valence-corrected chi connectivity index (χ0v) is 9.18. The van der Waals surface area contributed by atoms with Gasteiger partial charge in [0.05, 0.1) is 18.6 Å². The van der Waals surface area contributed by atoms with Gasteiger partial charge in [0.2, 0.25) is 0 Å². The monoisotopic (exact) mass is 241 g/mol. The molecule has 0 unspecified atom stereocenters. The molecule has 0 aromatic carbocycles. The summed E-state index contributed by atoms with van der Waals surface area (Å²) in [6.07, 6.45) is 1.45. The molecule has 15 heavy (non-hydrogen) atoms. The quantitative estimate of drug-likeness (QED) is 0.834. The van der Waals surface area contributed by atoms with E-state index in [9.17, 15) is 4.79 Å². The molecule has 78 valence electrons. The zero-order chi connectivity index (χ0) is 10.7. The highest BCUT2D eigenvalue weighted by Gasteiger charge is 2.13. The lowest BCUT2D eigenvalue weighted by Gasteiger charge is -1.91. The number of aliphatic hydroxyl groups excluding tert-OH is 1. The van der Waals surface area contributed by atoms with Crippen LogP contribution in [0.15, 0.2) is 32.5 Å². The topological polar surface area (TPSA) is 63.3 Å². The second-order valence-electron chi connectivity index (χ2n) is 2.63. The Labute approximate surface area is 94.0 Å². The lowest BCUT2D eigenvalue weighted by molar-refractivity contribution is 0.106. The number of hydrogen-bond acceptors (Lipinski definition) is 6. The van der Waals surface area contributed by atoms with Crippen molar-refractivity contribution in [2.24, 2.45) is 0 Å². The van der Waals surface area contributed by atoms with Crippen LogP contribution in [0, 0.1) is 0 Å². The van der Waals surface area contributed by atoms with Crippen molar-refractivity contribution < 1.29 is 14.3 Å². The fraction of sp³-hybridized carbons (Fsp3) is 0.111. The van der Waals surface area contributed by atoms with Gasteiger partial charge in [-0.3, -0.25) is 4.79 Å². The Morgan fingerprint density at radius 2 is 2.53 bits per heavy atom. The van der Waals surface area contributed by atoms with E-state index >= 15 is 0 Å². The van der Waals surface area contributed by atoms with E-state index in [1.54, 1.807) is 17.5 Å². The number of hydrogen-bond donors (Lipinski definition) is 1. The molecule has 2 aromatic rings. The molecule has 2 aromatic heterocycles. The second-order valence-corrected chi connectivity index (χ2v) is 4.71. The number of thiazole rings is 1. The average Bonchev–Trinajstić information content (AvgIpc) is 2.87. The molecule has 0 saturated carbocycles. The molecule has 0 spiro atoms. The minimum Gasteiger partial charge on any atom is -0.460 e. The molecule has 0 atom stereocenters. The number of furan rings is 1. The van der Waals surface area contributed by atoms with Gasteiger partial charge in [0.25, 0.3) is 5.12 Å². The minimum absolute atomic E-state index is 0.105. The molecule has 0 fully saturated rings. The highest BCUT2D eigenvalue weighted by molar-refractivity contribution is 8.15. The van der Waals surface area contributed by atoms with Crippen LogP contribution in [0.25, 0.3) is 0 Å². The van der Waals surface area contributed by atoms with E-state index in [0.29, 0.717) is 15.8 Å². The predicted octanol–water partition coefficient (Wildman–Crippen LogP) is 2.16. The van der Waals surface area contributed by atoms with Crippen LogP contribution in [0.2, 0.25) is 0 Å². The maximum Gasteiger partial charge on any atom is 0.261 e. The van der Waals surface area contributed by atoms with Crippen LogP contribution in [0.5, 0.6) is 0 Å². The molecule has 6 heteroatoms. The van der Waals surface area contributed by atoms with Crippen molar-refractivity contribution in [3.8, 4) is 0 Å². The maximum absolute atomic E-state index is 11.5. The third-order valence-electron chi connectivity index (χ3n) is 1.60. The van der Waals surface area contributed by atoms with E-state index in [2.05, 4.69) is 4.98 Å². The Kier molecular flexibility index (Phi) is 3.20. The largest absolute Gasteiger partial charge is 0.460 e. The molecule has 2 heterocycles. The zero-order valence-electron chi connectivity index (χ0n) is 7.54. The van der Waals surface area contributed by atoms with Gasteiger partial charge in [-0.05, 0) is 23.9 Å². The highest BCUT2D eigenvalue weighted by atomic mass is 32.2. The Morgan fingerprint density at radius 1 is 1.67 bits per heavy atom. The van der Waals surface area contributed by atoms with Gasteiger partial charge in [-0.25, -0.2) is 4.98 Å². The van der Waals surface area contributed by atoms with E-state index in [1.165, 1.54) is 17.6 Å². The molecule has 0 bridgehead atoms. The first kappa shape index (κ1) is 10.4. The van der Waals surface area contributed by atoms with Crippen molar-refractivity contribution >= 4 is 28.2 Å². The molecular formula is C9H7NO3S2. The van der Waals surface area contributed by atoms with Crippen LogP contribution in [-0.4, -0.2) is 15.2 Å². The summed E-state index contributed by atoms with van der Waals surface area (Å²) < 4.78 is 5.57. The van der Waals surface area contributed by atoms with E-state index in [1.807, 2.05) is 0 Å². The van der Waals surface area contributed by atoms with Gasteiger partial charge in [0.1, 0.15) is 0 Å². The number of rotatable bonds is 3. The minimum atomic E-state index is -0.182. The van der Waals surface area contributed by atoms with Crippen LogP contribution < -0.4 is 0 Å². The van der Waals surface area contributed by atoms with Crippen molar-refractivity contribution in [1.82, 2.24) is 4.98 Å². The number of aliphatic hydroxyl groups is 1. The maximum atomic E-state index is 11.5. The lowest BCUT2D eigenvalue weighted by atomic mass is 10.5. The van der Waals surface area contributed by atoms with Crippen molar-refractivity contribution in [3.05, 3.63) is 35.2 Å². The number of aromatic nitrogens is 1. The normalized spacial score (nSPS) is 10.5. The van der Waals surface area contributed by atoms with Gasteiger partial charge in [-0.2, -0.15) is 0 Å². The number of nitrogens with zero attached hydrogens (tertiary/aromatic N) is 1. The summed E-state index contributed by atoms with van der Waals surface area (Å²) in [5, 5.41) is 10.3. The van der Waals surface area contributed by atoms with Gasteiger partial charge in [0.15, 0.2) is 10.1 Å². The Hall–Kier alpha value is -1.11. The molecule has 0 aliphatic heterocycles. The molecule has 0 aliphatic rings. The standard InChI is InChI=1S/C9H7NO3S2/c11-4-6-5-14-9(10-6)15-8(12)7-2-1-3-13-7/h1-3,5,11H,4H2. The number of carbonyl (C=O) groups is 1. The highest BCUT2D eigenvalue weighted by Crippen LogP contribution is 2.26. The molecule has 0 amide bonds. The third-order valence-corrected chi connectivity index (χ3v) is 3.47. The van der Waals surface area contributed by atoms with Crippen LogP contribution >= 0.6 is 23.1 Å². The first-order valence-corrected chi connectivity index (χ1v) is 5.80. The Bertz CT molecular complexity index is 450. The van der Waals surface area contributed by atoms with Gasteiger partial charge in [-0.15, -0.1) is 11.3 Å². The summed E-state index contributed by atoms with van der Waals surface area (Å²) in [6.45, 7) is -0.105. The number of thioether (sulfide) groups is 1. The molecule has 4 nitrogen and oxygen atoms in total. The second kappa shape index (κ2) is 4.61. The van der Waals surface area contributed by atoms with E-state index in [-0.39, 0.29) is 11.7 Å². The van der Waals surface area contributed by atoms with Crippen LogP contribution in [0.3, 0.4) is 0 Å². The molecule has 0 radical (unpaired) electrons. The van der Waals surface area contributed by atoms with Crippen LogP contribution in [-0.2, 0) is 6.61 Å². The summed E-state index contributed by atoms with van der Waals surface area (Å²) in [5.74, 6) is 0.306. The van der Waals surface area contributed by atoms with Gasteiger partial charge in [-0.1, -0.05) is 0 Å². The fourth-order valence-corrected chi connectivity index (χ4v) is 2.57. The summed E-state index contributed by atoms with van der Waals surface area (Å²) in [4.78, 5) is 15.6. The van der Waals surface area contributed by atoms with Crippen molar-refractivity contribution in [1.29, 1.82) is 0 Å². The average molecular weight is 241 g/mol. The van der Waals surface area contributed by atoms with Crippen LogP contribution in [0.1, 0.15) is 16.2 Å². The SMILES string of the molecule is O=C(Sc1nc(CO)cs1)c1ccco1. The summed E-state index contributed by atoms with van der Waals surface area (Å²) >= 11 is 2.33. The molecule has 0 saturated heterocycles. The summed E-state index contributed by atoms with van der Waals surface area (Å²) in [5.41, 5.74) is 0.578.